The molecular formula is C17H27O3. The highest BCUT2D eigenvalue weighted by Gasteiger charge is 2.31. The molecule has 0 aromatic heterocycles. The molecule has 0 saturated heterocycles. The van der Waals surface area contributed by atoms with E-state index in [4.69, 9.17) is 9.47 Å². The Kier molecular flexibility index (Phi) is 8.51. The Labute approximate surface area is 122 Å². The predicted molar refractivity (Wildman–Crippen MR) is 80.2 cm³/mol. The van der Waals surface area contributed by atoms with Crippen LogP contribution in [0.5, 0.6) is 0 Å². The van der Waals surface area contributed by atoms with E-state index in [0.717, 1.165) is 32.1 Å². The van der Waals surface area contributed by atoms with E-state index in [-0.39, 0.29) is 6.61 Å². The van der Waals surface area contributed by atoms with Gasteiger partial charge in [0, 0.05) is 26.1 Å². The van der Waals surface area contributed by atoms with Gasteiger partial charge in [0.15, 0.2) is 5.79 Å². The summed E-state index contributed by atoms with van der Waals surface area (Å²) in [5, 5.41) is 10.5. The average molecular weight is 279 g/mol. The molecule has 0 fully saturated rings. The summed E-state index contributed by atoms with van der Waals surface area (Å²) in [6, 6.07) is 10.3. The zero-order chi connectivity index (χ0) is 14.7. The van der Waals surface area contributed by atoms with Crippen molar-refractivity contribution in [2.75, 3.05) is 19.8 Å². The molecule has 0 atom stereocenters. The molecule has 0 amide bonds. The Bertz CT molecular complexity index is 331. The molecule has 3 heteroatoms. The van der Waals surface area contributed by atoms with Gasteiger partial charge in [0.1, 0.15) is 0 Å². The van der Waals surface area contributed by atoms with E-state index >= 15 is 0 Å². The van der Waals surface area contributed by atoms with Crippen LogP contribution in [0.1, 0.15) is 45.1 Å². The van der Waals surface area contributed by atoms with E-state index in [1.807, 2.05) is 32.0 Å². The number of rotatable bonds is 11. The fourth-order valence-electron chi connectivity index (χ4n) is 2.48. The SMILES string of the molecule is CCOC(CCCCC[O])(Cc1ccccc1)OCC. The number of benzene rings is 1. The van der Waals surface area contributed by atoms with Gasteiger partial charge in [0.2, 0.25) is 0 Å². The largest absolute Gasteiger partial charge is 0.350 e. The highest BCUT2D eigenvalue weighted by Crippen LogP contribution is 2.26. The summed E-state index contributed by atoms with van der Waals surface area (Å²) < 4.78 is 11.9. The summed E-state index contributed by atoms with van der Waals surface area (Å²) in [5.74, 6) is -0.548. The number of ether oxygens (including phenoxy) is 2. The predicted octanol–water partition coefficient (Wildman–Crippen LogP) is 3.99. The van der Waals surface area contributed by atoms with Gasteiger partial charge in [0.25, 0.3) is 0 Å². The topological polar surface area (TPSA) is 38.4 Å². The monoisotopic (exact) mass is 279 g/mol. The molecule has 1 aromatic carbocycles. The van der Waals surface area contributed by atoms with Gasteiger partial charge in [-0.1, -0.05) is 36.8 Å². The molecule has 113 valence electrons. The van der Waals surface area contributed by atoms with Crippen molar-refractivity contribution in [1.82, 2.24) is 0 Å². The van der Waals surface area contributed by atoms with Crippen LogP contribution in [0, 0.1) is 0 Å². The highest BCUT2D eigenvalue weighted by molar-refractivity contribution is 5.16. The maximum atomic E-state index is 10.5. The Morgan fingerprint density at radius 1 is 0.950 bits per heavy atom. The summed E-state index contributed by atoms with van der Waals surface area (Å²) in [6.07, 6.45) is 4.24. The lowest BCUT2D eigenvalue weighted by atomic mass is 9.98. The minimum Gasteiger partial charge on any atom is -0.350 e. The van der Waals surface area contributed by atoms with Crippen LogP contribution in [0.15, 0.2) is 30.3 Å². The standard InChI is InChI=1S/C17H27O3/c1-3-19-17(20-4-2,13-9-6-10-14-18)15-16-11-7-5-8-12-16/h5,7-8,11-12H,3-4,6,9-10,13-15H2,1-2H3. The molecule has 1 rings (SSSR count). The van der Waals surface area contributed by atoms with Gasteiger partial charge in [-0.2, -0.15) is 0 Å². The molecule has 0 spiro atoms. The third kappa shape index (κ3) is 6.04. The second-order valence-corrected chi connectivity index (χ2v) is 4.95. The summed E-state index contributed by atoms with van der Waals surface area (Å²) in [7, 11) is 0. The van der Waals surface area contributed by atoms with Crippen molar-refractivity contribution in [3.63, 3.8) is 0 Å². The first-order valence-corrected chi connectivity index (χ1v) is 7.66. The van der Waals surface area contributed by atoms with Gasteiger partial charge in [-0.15, -0.1) is 0 Å². The molecule has 0 unspecified atom stereocenters. The first kappa shape index (κ1) is 17.2. The molecule has 0 aliphatic heterocycles. The molecule has 0 heterocycles. The zero-order valence-corrected chi connectivity index (χ0v) is 12.8. The molecule has 3 nitrogen and oxygen atoms in total. The van der Waals surface area contributed by atoms with Crippen LogP contribution in [0.3, 0.4) is 0 Å². The Balaban J connectivity index is 2.69. The molecule has 0 aliphatic carbocycles. The van der Waals surface area contributed by atoms with Crippen molar-refractivity contribution < 1.29 is 14.6 Å². The van der Waals surface area contributed by atoms with Crippen LogP contribution in [0.2, 0.25) is 0 Å². The van der Waals surface area contributed by atoms with Gasteiger partial charge >= 0.3 is 0 Å². The van der Waals surface area contributed by atoms with Gasteiger partial charge in [-0.05, 0) is 32.3 Å². The minimum absolute atomic E-state index is 0.00888. The van der Waals surface area contributed by atoms with E-state index in [2.05, 4.69) is 12.1 Å². The normalized spacial score (nSPS) is 11.8. The highest BCUT2D eigenvalue weighted by atomic mass is 16.7. The lowest BCUT2D eigenvalue weighted by Crippen LogP contribution is -2.38. The Hall–Kier alpha value is -0.900. The second-order valence-electron chi connectivity index (χ2n) is 4.95. The van der Waals surface area contributed by atoms with Crippen LogP contribution in [-0.4, -0.2) is 25.6 Å². The zero-order valence-electron chi connectivity index (χ0n) is 12.8. The van der Waals surface area contributed by atoms with Gasteiger partial charge in [0.05, 0.1) is 6.61 Å². The summed E-state index contributed by atoms with van der Waals surface area (Å²) in [6.45, 7) is 5.27. The lowest BCUT2D eigenvalue weighted by Gasteiger charge is -2.33. The quantitative estimate of drug-likeness (QED) is 0.454. The van der Waals surface area contributed by atoms with E-state index in [9.17, 15) is 5.11 Å². The number of unbranched alkanes of at least 4 members (excludes halogenated alkanes) is 2. The molecule has 0 saturated carbocycles. The van der Waals surface area contributed by atoms with Gasteiger partial charge in [-0.3, -0.25) is 0 Å². The number of hydrogen-bond acceptors (Lipinski definition) is 2. The first-order chi connectivity index (χ1) is 9.76. The van der Waals surface area contributed by atoms with Crippen LogP contribution in [-0.2, 0) is 21.0 Å². The number of hydrogen-bond donors (Lipinski definition) is 0. The molecule has 1 aromatic rings. The van der Waals surface area contributed by atoms with Crippen molar-refractivity contribution in [3.05, 3.63) is 35.9 Å². The molecule has 0 aliphatic rings. The van der Waals surface area contributed by atoms with E-state index < -0.39 is 5.79 Å². The fraction of sp³-hybridized carbons (Fsp3) is 0.647. The molecule has 20 heavy (non-hydrogen) atoms. The third-order valence-electron chi connectivity index (χ3n) is 3.33. The van der Waals surface area contributed by atoms with Crippen molar-refractivity contribution in [2.45, 2.75) is 51.7 Å². The van der Waals surface area contributed by atoms with E-state index in [1.165, 1.54) is 5.56 Å². The van der Waals surface area contributed by atoms with Crippen LogP contribution in [0.25, 0.3) is 0 Å². The summed E-state index contributed by atoms with van der Waals surface area (Å²) >= 11 is 0. The summed E-state index contributed by atoms with van der Waals surface area (Å²) in [5.41, 5.74) is 1.22. The van der Waals surface area contributed by atoms with Crippen LogP contribution >= 0.6 is 0 Å². The molecule has 0 bridgehead atoms. The van der Waals surface area contributed by atoms with Gasteiger partial charge < -0.3 is 9.47 Å². The van der Waals surface area contributed by atoms with Crippen LogP contribution < -0.4 is 0 Å². The van der Waals surface area contributed by atoms with Crippen molar-refractivity contribution in [2.24, 2.45) is 0 Å². The van der Waals surface area contributed by atoms with E-state index in [0.29, 0.717) is 13.2 Å². The molecule has 0 N–H and O–H groups in total. The fourth-order valence-corrected chi connectivity index (χ4v) is 2.48. The smallest absolute Gasteiger partial charge is 0.172 e. The molecule has 1 radical (unpaired) electrons. The van der Waals surface area contributed by atoms with Crippen molar-refractivity contribution in [3.8, 4) is 0 Å². The van der Waals surface area contributed by atoms with Crippen LogP contribution in [0.4, 0.5) is 0 Å². The lowest BCUT2D eigenvalue weighted by molar-refractivity contribution is -0.236. The average Bonchev–Trinajstić information content (AvgIpc) is 2.45. The van der Waals surface area contributed by atoms with Crippen molar-refractivity contribution >= 4 is 0 Å². The van der Waals surface area contributed by atoms with Crippen molar-refractivity contribution in [1.29, 1.82) is 0 Å². The van der Waals surface area contributed by atoms with Gasteiger partial charge in [-0.25, -0.2) is 5.11 Å². The molecular weight excluding hydrogens is 252 g/mol. The minimum atomic E-state index is -0.548. The third-order valence-corrected chi connectivity index (χ3v) is 3.33. The second kappa shape index (κ2) is 9.92. The van der Waals surface area contributed by atoms with E-state index in [1.54, 1.807) is 0 Å². The maximum absolute atomic E-state index is 10.5. The first-order valence-electron chi connectivity index (χ1n) is 7.66. The Morgan fingerprint density at radius 3 is 2.15 bits per heavy atom. The maximum Gasteiger partial charge on any atom is 0.172 e. The Morgan fingerprint density at radius 2 is 1.60 bits per heavy atom. The summed E-state index contributed by atoms with van der Waals surface area (Å²) in [4.78, 5) is 0.